The SMILES string of the molecule is CCS(=O)(=O)N1CCN(CC(=O)N(C)C(C)(C)C#N)CC1. The lowest BCUT2D eigenvalue weighted by Gasteiger charge is -2.36. The molecule has 1 rings (SSSR count). The van der Waals surface area contributed by atoms with Gasteiger partial charge >= 0.3 is 0 Å². The summed E-state index contributed by atoms with van der Waals surface area (Å²) in [5.74, 6) is -0.0289. The van der Waals surface area contributed by atoms with Crippen LogP contribution < -0.4 is 0 Å². The Labute approximate surface area is 127 Å². The Morgan fingerprint density at radius 3 is 2.24 bits per heavy atom. The quantitative estimate of drug-likeness (QED) is 0.696. The molecule has 1 aliphatic heterocycles. The molecule has 0 aromatic rings. The zero-order chi connectivity index (χ0) is 16.3. The van der Waals surface area contributed by atoms with Crippen LogP contribution in [-0.4, -0.2) is 79.5 Å². The number of amides is 1. The van der Waals surface area contributed by atoms with Gasteiger partial charge in [0.25, 0.3) is 0 Å². The fourth-order valence-corrected chi connectivity index (χ4v) is 3.12. The van der Waals surface area contributed by atoms with Crippen LogP contribution in [0.3, 0.4) is 0 Å². The van der Waals surface area contributed by atoms with Crippen LogP contribution in [0.15, 0.2) is 0 Å². The molecule has 0 aromatic carbocycles. The summed E-state index contributed by atoms with van der Waals surface area (Å²) in [4.78, 5) is 15.5. The van der Waals surface area contributed by atoms with Crippen LogP contribution in [0.4, 0.5) is 0 Å². The molecular weight excluding hydrogens is 292 g/mol. The Bertz CT molecular complexity index is 516. The van der Waals surface area contributed by atoms with Crippen molar-refractivity contribution in [2.24, 2.45) is 0 Å². The largest absolute Gasteiger partial charge is 0.326 e. The average Bonchev–Trinajstić information content (AvgIpc) is 2.46. The predicted octanol–water partition coefficient (Wildman–Crippen LogP) is -0.286. The van der Waals surface area contributed by atoms with Crippen LogP contribution >= 0.6 is 0 Å². The lowest BCUT2D eigenvalue weighted by molar-refractivity contribution is -0.134. The second-order valence-corrected chi connectivity index (χ2v) is 7.96. The van der Waals surface area contributed by atoms with Crippen molar-refractivity contribution in [3.8, 4) is 6.07 Å². The van der Waals surface area contributed by atoms with Gasteiger partial charge in [-0.2, -0.15) is 9.57 Å². The number of nitriles is 1. The second kappa shape index (κ2) is 6.73. The molecule has 1 saturated heterocycles. The molecule has 8 heteroatoms. The number of sulfonamides is 1. The molecule has 0 aliphatic carbocycles. The fraction of sp³-hybridized carbons (Fsp3) is 0.846. The Morgan fingerprint density at radius 1 is 1.29 bits per heavy atom. The number of likely N-dealkylation sites (N-methyl/N-ethyl adjacent to an activating group) is 1. The summed E-state index contributed by atoms with van der Waals surface area (Å²) in [5, 5.41) is 9.04. The second-order valence-electron chi connectivity index (χ2n) is 5.70. The summed E-state index contributed by atoms with van der Waals surface area (Å²) >= 11 is 0. The fourth-order valence-electron chi connectivity index (χ4n) is 2.03. The zero-order valence-corrected chi connectivity index (χ0v) is 14.0. The van der Waals surface area contributed by atoms with E-state index >= 15 is 0 Å². The normalized spacial score (nSPS) is 18.2. The molecule has 1 amide bonds. The molecule has 0 aromatic heterocycles. The monoisotopic (exact) mass is 316 g/mol. The third-order valence-corrected chi connectivity index (χ3v) is 5.82. The third-order valence-electron chi connectivity index (χ3n) is 3.93. The Hall–Kier alpha value is -1.17. The van der Waals surface area contributed by atoms with E-state index in [1.54, 1.807) is 27.8 Å². The van der Waals surface area contributed by atoms with E-state index in [-0.39, 0.29) is 18.2 Å². The van der Waals surface area contributed by atoms with Gasteiger partial charge in [-0.15, -0.1) is 0 Å². The number of carbonyl (C=O) groups is 1. The van der Waals surface area contributed by atoms with Crippen molar-refractivity contribution in [1.82, 2.24) is 14.1 Å². The number of hydrogen-bond acceptors (Lipinski definition) is 5. The van der Waals surface area contributed by atoms with Gasteiger partial charge < -0.3 is 4.90 Å². The zero-order valence-electron chi connectivity index (χ0n) is 13.2. The van der Waals surface area contributed by atoms with Gasteiger partial charge in [0.2, 0.25) is 15.9 Å². The average molecular weight is 316 g/mol. The first kappa shape index (κ1) is 17.9. The highest BCUT2D eigenvalue weighted by Crippen LogP contribution is 2.12. The lowest BCUT2D eigenvalue weighted by Crippen LogP contribution is -2.53. The molecule has 1 aliphatic rings. The summed E-state index contributed by atoms with van der Waals surface area (Å²) in [5.41, 5.74) is -0.843. The topological polar surface area (TPSA) is 84.7 Å². The minimum Gasteiger partial charge on any atom is -0.326 e. The highest BCUT2D eigenvalue weighted by atomic mass is 32.2. The Kier molecular flexibility index (Phi) is 5.73. The van der Waals surface area contributed by atoms with Crippen LogP contribution in [-0.2, 0) is 14.8 Å². The lowest BCUT2D eigenvalue weighted by atomic mass is 10.1. The van der Waals surface area contributed by atoms with Crippen molar-refractivity contribution in [3.05, 3.63) is 0 Å². The molecule has 1 fully saturated rings. The highest BCUT2D eigenvalue weighted by Gasteiger charge is 2.30. The van der Waals surface area contributed by atoms with Crippen LogP contribution in [0.25, 0.3) is 0 Å². The number of nitrogens with zero attached hydrogens (tertiary/aromatic N) is 4. The van der Waals surface area contributed by atoms with E-state index in [9.17, 15) is 13.2 Å². The van der Waals surface area contributed by atoms with Gasteiger partial charge in [0.1, 0.15) is 5.54 Å². The van der Waals surface area contributed by atoms with Crippen molar-refractivity contribution >= 4 is 15.9 Å². The summed E-state index contributed by atoms with van der Waals surface area (Å²) in [7, 11) is -1.53. The van der Waals surface area contributed by atoms with E-state index in [1.165, 1.54) is 9.21 Å². The van der Waals surface area contributed by atoms with E-state index < -0.39 is 15.6 Å². The van der Waals surface area contributed by atoms with Crippen molar-refractivity contribution in [2.45, 2.75) is 26.3 Å². The maximum Gasteiger partial charge on any atom is 0.237 e. The number of rotatable bonds is 5. The molecule has 0 atom stereocenters. The van der Waals surface area contributed by atoms with Gasteiger partial charge in [-0.1, -0.05) is 0 Å². The summed E-state index contributed by atoms with van der Waals surface area (Å²) in [6, 6.07) is 2.09. The molecule has 0 bridgehead atoms. The van der Waals surface area contributed by atoms with Crippen LogP contribution in [0.5, 0.6) is 0 Å². The maximum atomic E-state index is 12.2. The molecule has 0 radical (unpaired) electrons. The molecule has 0 saturated carbocycles. The maximum absolute atomic E-state index is 12.2. The first-order valence-electron chi connectivity index (χ1n) is 7.02. The summed E-state index contributed by atoms with van der Waals surface area (Å²) in [6.45, 7) is 7.11. The van der Waals surface area contributed by atoms with Gasteiger partial charge in [-0.05, 0) is 20.8 Å². The van der Waals surface area contributed by atoms with Gasteiger partial charge in [-0.3, -0.25) is 9.69 Å². The van der Waals surface area contributed by atoms with Gasteiger partial charge in [0, 0.05) is 33.2 Å². The van der Waals surface area contributed by atoms with E-state index in [2.05, 4.69) is 6.07 Å². The highest BCUT2D eigenvalue weighted by molar-refractivity contribution is 7.89. The smallest absolute Gasteiger partial charge is 0.237 e. The van der Waals surface area contributed by atoms with E-state index in [0.717, 1.165) is 0 Å². The molecule has 1 heterocycles. The van der Waals surface area contributed by atoms with Crippen LogP contribution in [0.2, 0.25) is 0 Å². The molecule has 120 valence electrons. The molecule has 0 spiro atoms. The van der Waals surface area contributed by atoms with Gasteiger partial charge in [0.05, 0.1) is 18.4 Å². The first-order chi connectivity index (χ1) is 9.64. The van der Waals surface area contributed by atoms with Crippen molar-refractivity contribution in [1.29, 1.82) is 5.26 Å². The summed E-state index contributed by atoms with van der Waals surface area (Å²) in [6.07, 6.45) is 0. The van der Waals surface area contributed by atoms with E-state index in [4.69, 9.17) is 5.26 Å². The Balaban J connectivity index is 2.54. The predicted molar refractivity (Wildman–Crippen MR) is 79.9 cm³/mol. The molecule has 0 N–H and O–H groups in total. The molecule has 7 nitrogen and oxygen atoms in total. The van der Waals surface area contributed by atoms with Crippen LogP contribution in [0.1, 0.15) is 20.8 Å². The number of piperazine rings is 1. The first-order valence-corrected chi connectivity index (χ1v) is 8.63. The van der Waals surface area contributed by atoms with E-state index in [1.807, 2.05) is 4.90 Å². The summed E-state index contributed by atoms with van der Waals surface area (Å²) < 4.78 is 25.0. The van der Waals surface area contributed by atoms with Gasteiger partial charge in [-0.25, -0.2) is 8.42 Å². The van der Waals surface area contributed by atoms with E-state index in [0.29, 0.717) is 26.2 Å². The minimum atomic E-state index is -3.15. The minimum absolute atomic E-state index is 0.102. The van der Waals surface area contributed by atoms with Gasteiger partial charge in [0.15, 0.2) is 0 Å². The molecule has 21 heavy (non-hydrogen) atoms. The number of hydrogen-bond donors (Lipinski definition) is 0. The van der Waals surface area contributed by atoms with Crippen molar-refractivity contribution in [3.63, 3.8) is 0 Å². The van der Waals surface area contributed by atoms with Crippen molar-refractivity contribution < 1.29 is 13.2 Å². The molecular formula is C13H24N4O3S. The standard InChI is InChI=1S/C13H24N4O3S/c1-5-21(19,20)17-8-6-16(7-9-17)10-12(18)15(4)13(2,3)11-14/h5-10H2,1-4H3. The molecule has 0 unspecified atom stereocenters. The Morgan fingerprint density at radius 2 is 1.81 bits per heavy atom. The van der Waals surface area contributed by atoms with Crippen molar-refractivity contribution in [2.75, 3.05) is 45.5 Å². The number of carbonyl (C=O) groups excluding carboxylic acids is 1. The van der Waals surface area contributed by atoms with Crippen LogP contribution in [0, 0.1) is 11.3 Å². The third kappa shape index (κ3) is 4.40.